The molecule has 1 aliphatic rings. The number of nitrogens with zero attached hydrogens (tertiary/aromatic N) is 3. The molecule has 0 aliphatic carbocycles. The molecule has 15 nitrogen and oxygen atoms in total. The van der Waals surface area contributed by atoms with E-state index in [9.17, 15) is 24.0 Å². The molecule has 2 aromatic carbocycles. The summed E-state index contributed by atoms with van der Waals surface area (Å²) in [5.41, 5.74) is 2.30. The summed E-state index contributed by atoms with van der Waals surface area (Å²) in [6.07, 6.45) is 4.01. The third-order valence-electron chi connectivity index (χ3n) is 8.84. The predicted molar refractivity (Wildman–Crippen MR) is 203 cm³/mol. The van der Waals surface area contributed by atoms with Gasteiger partial charge in [0.2, 0.25) is 11.8 Å². The van der Waals surface area contributed by atoms with E-state index >= 15 is 0 Å². The van der Waals surface area contributed by atoms with Crippen LogP contribution in [0, 0.1) is 12.8 Å². The van der Waals surface area contributed by atoms with Crippen molar-refractivity contribution in [3.05, 3.63) is 83.2 Å². The lowest BCUT2D eigenvalue weighted by Crippen LogP contribution is -2.51. The molecule has 0 spiro atoms. The lowest BCUT2D eigenvalue weighted by atomic mass is 9.95. The topological polar surface area (TPSA) is 179 Å². The Bertz CT molecular complexity index is 1760. The summed E-state index contributed by atoms with van der Waals surface area (Å²) in [6.45, 7) is 11.0. The minimum absolute atomic E-state index is 0.0537. The first-order chi connectivity index (χ1) is 26.2. The van der Waals surface area contributed by atoms with Gasteiger partial charge in [0, 0.05) is 38.4 Å². The highest BCUT2D eigenvalue weighted by molar-refractivity contribution is 5.94. The number of amides is 4. The van der Waals surface area contributed by atoms with Crippen molar-refractivity contribution in [1.82, 2.24) is 30.6 Å². The minimum atomic E-state index is -1.40. The van der Waals surface area contributed by atoms with Gasteiger partial charge in [0.1, 0.15) is 30.0 Å². The normalized spacial score (nSPS) is 15.2. The van der Waals surface area contributed by atoms with Gasteiger partial charge in [-0.3, -0.25) is 19.1 Å². The summed E-state index contributed by atoms with van der Waals surface area (Å²) in [5.74, 6) is -1.13. The van der Waals surface area contributed by atoms with Gasteiger partial charge in [-0.05, 0) is 88.6 Å². The summed E-state index contributed by atoms with van der Waals surface area (Å²) in [4.78, 5) is 66.9. The van der Waals surface area contributed by atoms with Crippen molar-refractivity contribution in [3.63, 3.8) is 0 Å². The molecule has 4 amide bonds. The van der Waals surface area contributed by atoms with E-state index in [0.717, 1.165) is 36.0 Å². The number of rotatable bonds is 16. The summed E-state index contributed by atoms with van der Waals surface area (Å²) in [7, 11) is 1.67. The van der Waals surface area contributed by atoms with E-state index in [2.05, 4.69) is 21.0 Å². The highest BCUT2D eigenvalue weighted by Crippen LogP contribution is 2.24. The number of likely N-dealkylation sites (tertiary alicyclic amines) is 1. The van der Waals surface area contributed by atoms with Crippen molar-refractivity contribution in [2.75, 3.05) is 26.3 Å². The molecule has 2 unspecified atom stereocenters. The molecule has 1 aromatic heterocycles. The Morgan fingerprint density at radius 1 is 1.00 bits per heavy atom. The number of esters is 1. The fourth-order valence-electron chi connectivity index (χ4n) is 5.98. The molecule has 3 N–H and O–H groups in total. The number of benzene rings is 2. The lowest BCUT2D eigenvalue weighted by Gasteiger charge is -2.34. The fraction of sp³-hybridized carbons (Fsp3) is 0.500. The van der Waals surface area contributed by atoms with Crippen LogP contribution in [0.5, 0.6) is 5.75 Å². The number of nitrogens with one attached hydrogen (secondary N) is 3. The van der Waals surface area contributed by atoms with Crippen LogP contribution < -0.4 is 20.7 Å². The Morgan fingerprint density at radius 3 is 2.45 bits per heavy atom. The Labute approximate surface area is 322 Å². The van der Waals surface area contributed by atoms with Crippen LogP contribution in [0.15, 0.2) is 60.9 Å². The third-order valence-corrected chi connectivity index (χ3v) is 8.84. The van der Waals surface area contributed by atoms with Gasteiger partial charge < -0.3 is 39.8 Å². The first-order valence-corrected chi connectivity index (χ1v) is 18.6. The first-order valence-electron chi connectivity index (χ1n) is 18.6. The molecule has 298 valence electrons. The molecule has 1 saturated heterocycles. The molecule has 0 saturated carbocycles. The molecule has 1 aliphatic heterocycles. The number of hydrogen-bond acceptors (Lipinski definition) is 10. The summed E-state index contributed by atoms with van der Waals surface area (Å²) >= 11 is 0. The van der Waals surface area contributed by atoms with E-state index in [-0.39, 0.29) is 31.8 Å². The molecule has 0 radical (unpaired) electrons. The monoisotopic (exact) mass is 762 g/mol. The van der Waals surface area contributed by atoms with Crippen molar-refractivity contribution in [2.24, 2.45) is 13.0 Å². The van der Waals surface area contributed by atoms with Gasteiger partial charge in [-0.2, -0.15) is 5.10 Å². The smallest absolute Gasteiger partial charge is 0.410 e. The quantitative estimate of drug-likeness (QED) is 0.135. The van der Waals surface area contributed by atoms with Gasteiger partial charge in [-0.1, -0.05) is 36.4 Å². The fourth-order valence-corrected chi connectivity index (χ4v) is 5.98. The van der Waals surface area contributed by atoms with Crippen molar-refractivity contribution < 1.29 is 42.9 Å². The van der Waals surface area contributed by atoms with Crippen LogP contribution in [0.25, 0.3) is 0 Å². The van der Waals surface area contributed by atoms with E-state index in [4.69, 9.17) is 18.9 Å². The number of ether oxygens (including phenoxy) is 4. The van der Waals surface area contributed by atoms with Crippen molar-refractivity contribution >= 4 is 30.0 Å². The van der Waals surface area contributed by atoms with Crippen LogP contribution in [0.1, 0.15) is 81.7 Å². The Morgan fingerprint density at radius 2 is 1.76 bits per heavy atom. The van der Waals surface area contributed by atoms with E-state index < -0.39 is 48.0 Å². The van der Waals surface area contributed by atoms with E-state index in [1.165, 1.54) is 10.9 Å². The molecule has 3 aromatic rings. The molecule has 0 bridgehead atoms. The van der Waals surface area contributed by atoms with Gasteiger partial charge in [0.15, 0.2) is 0 Å². The first kappa shape index (κ1) is 42.1. The van der Waals surface area contributed by atoms with Crippen LogP contribution >= 0.6 is 0 Å². The van der Waals surface area contributed by atoms with Crippen LogP contribution in [0.3, 0.4) is 0 Å². The second kappa shape index (κ2) is 20.2. The largest absolute Gasteiger partial charge is 0.494 e. The number of aryl methyl sites for hydroxylation is 2. The second-order valence-electron chi connectivity index (χ2n) is 14.5. The standard InChI is InChI=1S/C40H54N6O9/c1-7-52-34(47)21-33(43-38(50)54-26-29-12-9-8-10-13-29)36(48)44-35(31-23-42-45(6)25-31)37(49)41-22-30-20-32(16-15-27(30)2)53-19-17-28-14-11-18-46(24-28)39(51)55-40(3,4)5/h8-10,12-13,15-16,20,23,25,28,33,35H,7,11,14,17-19,21-22,24,26H2,1-6H3,(H,41,49)(H,43,50)(H,44,48)/t28?,33-,35?/m0/s1. The zero-order chi connectivity index (χ0) is 40.0. The second-order valence-corrected chi connectivity index (χ2v) is 14.5. The Hall–Kier alpha value is -5.60. The molecule has 2 heterocycles. The number of carbonyl (C=O) groups is 5. The van der Waals surface area contributed by atoms with Crippen LogP contribution in [0.2, 0.25) is 0 Å². The van der Waals surface area contributed by atoms with Gasteiger partial charge in [-0.25, -0.2) is 9.59 Å². The van der Waals surface area contributed by atoms with Crippen molar-refractivity contribution in [3.8, 4) is 5.75 Å². The molecule has 4 rings (SSSR count). The van der Waals surface area contributed by atoms with E-state index in [0.29, 0.717) is 31.0 Å². The number of hydrogen-bond donors (Lipinski definition) is 3. The molecular weight excluding hydrogens is 708 g/mol. The lowest BCUT2D eigenvalue weighted by molar-refractivity contribution is -0.145. The number of aromatic nitrogens is 2. The molecule has 55 heavy (non-hydrogen) atoms. The third kappa shape index (κ3) is 14.0. The zero-order valence-corrected chi connectivity index (χ0v) is 32.6. The van der Waals surface area contributed by atoms with Crippen LogP contribution in [-0.4, -0.2) is 82.6 Å². The van der Waals surface area contributed by atoms with Crippen LogP contribution in [0.4, 0.5) is 9.59 Å². The average Bonchev–Trinajstić information content (AvgIpc) is 3.58. The van der Waals surface area contributed by atoms with Crippen molar-refractivity contribution in [2.45, 2.75) is 91.1 Å². The molecule has 15 heteroatoms. The maximum Gasteiger partial charge on any atom is 0.410 e. The Balaban J connectivity index is 1.37. The van der Waals surface area contributed by atoms with Gasteiger partial charge in [0.25, 0.3) is 0 Å². The highest BCUT2D eigenvalue weighted by atomic mass is 16.6. The maximum absolute atomic E-state index is 13.8. The van der Waals surface area contributed by atoms with Gasteiger partial charge >= 0.3 is 18.2 Å². The Kier molecular flexibility index (Phi) is 15.5. The average molecular weight is 763 g/mol. The van der Waals surface area contributed by atoms with Gasteiger partial charge in [-0.15, -0.1) is 0 Å². The van der Waals surface area contributed by atoms with Crippen LogP contribution in [-0.2, 0) is 48.8 Å². The number of piperidine rings is 1. The zero-order valence-electron chi connectivity index (χ0n) is 32.6. The van der Waals surface area contributed by atoms with E-state index in [1.54, 1.807) is 49.3 Å². The summed E-state index contributed by atoms with van der Waals surface area (Å²) < 4.78 is 23.5. The molecule has 3 atom stereocenters. The predicted octanol–water partition coefficient (Wildman–Crippen LogP) is 4.87. The van der Waals surface area contributed by atoms with Crippen molar-refractivity contribution in [1.29, 1.82) is 0 Å². The number of carbonyl (C=O) groups excluding carboxylic acids is 5. The maximum atomic E-state index is 13.8. The minimum Gasteiger partial charge on any atom is -0.494 e. The SMILES string of the molecule is CCOC(=O)C[C@H](NC(=O)OCc1ccccc1)C(=O)NC(C(=O)NCc1cc(OCCC2CCCN(C(=O)OC(C)(C)C)C2)ccc1C)c1cnn(C)c1. The molecule has 1 fully saturated rings. The van der Waals surface area contributed by atoms with E-state index in [1.807, 2.05) is 52.0 Å². The molecular formula is C40H54N6O9. The summed E-state index contributed by atoms with van der Waals surface area (Å²) in [6, 6.07) is 12.0. The highest BCUT2D eigenvalue weighted by Gasteiger charge is 2.31. The number of alkyl carbamates (subject to hydrolysis) is 1. The van der Waals surface area contributed by atoms with Gasteiger partial charge in [0.05, 0.1) is 25.8 Å². The summed E-state index contributed by atoms with van der Waals surface area (Å²) in [5, 5.41) is 12.2.